The average Bonchev–Trinajstić information content (AvgIpc) is 3.29. The molecule has 4 rings (SSSR count). The Balaban J connectivity index is 1.61. The van der Waals surface area contributed by atoms with Crippen LogP contribution in [0.2, 0.25) is 5.02 Å². The highest BCUT2D eigenvalue weighted by atomic mass is 35.5. The van der Waals surface area contributed by atoms with Gasteiger partial charge >= 0.3 is 0 Å². The number of thioether (sulfide) groups is 1. The van der Waals surface area contributed by atoms with E-state index in [1.165, 1.54) is 36.4 Å². The van der Waals surface area contributed by atoms with Crippen LogP contribution in [0.1, 0.15) is 5.76 Å². The lowest BCUT2D eigenvalue weighted by Gasteiger charge is -2.12. The van der Waals surface area contributed by atoms with Gasteiger partial charge in [0.2, 0.25) is 0 Å². The van der Waals surface area contributed by atoms with Gasteiger partial charge in [0, 0.05) is 23.8 Å². The van der Waals surface area contributed by atoms with Gasteiger partial charge in [-0.2, -0.15) is 0 Å². The fraction of sp³-hybridized carbons (Fsp3) is 0. The zero-order valence-corrected chi connectivity index (χ0v) is 16.4. The van der Waals surface area contributed by atoms with Crippen LogP contribution >= 0.6 is 23.4 Å². The van der Waals surface area contributed by atoms with E-state index in [0.29, 0.717) is 28.8 Å². The van der Waals surface area contributed by atoms with Gasteiger partial charge in [-0.05, 0) is 42.1 Å². The molecule has 0 spiro atoms. The summed E-state index contributed by atoms with van der Waals surface area (Å²) in [5.41, 5.74) is 0.575. The number of amides is 2. The molecular weight excluding hydrogens is 435 g/mol. The Labute approximate surface area is 177 Å². The molecule has 1 saturated heterocycles. The zero-order valence-electron chi connectivity index (χ0n) is 14.9. The number of imide groups is 1. The van der Waals surface area contributed by atoms with Crippen molar-refractivity contribution in [2.75, 3.05) is 4.90 Å². The number of rotatable bonds is 4. The fourth-order valence-corrected chi connectivity index (χ4v) is 3.80. The van der Waals surface area contributed by atoms with Crippen LogP contribution in [0.3, 0.4) is 0 Å². The summed E-state index contributed by atoms with van der Waals surface area (Å²) in [5, 5.41) is 10.2. The molecule has 0 bridgehead atoms. The summed E-state index contributed by atoms with van der Waals surface area (Å²) in [5.74, 6) is -0.596. The van der Waals surface area contributed by atoms with E-state index >= 15 is 0 Å². The van der Waals surface area contributed by atoms with Crippen molar-refractivity contribution in [3.05, 3.63) is 86.2 Å². The molecular formula is C20H10ClFN2O5S. The number of nitro groups is 1. The van der Waals surface area contributed by atoms with Gasteiger partial charge in [0.25, 0.3) is 16.8 Å². The summed E-state index contributed by atoms with van der Waals surface area (Å²) in [7, 11) is 0. The lowest BCUT2D eigenvalue weighted by Crippen LogP contribution is -2.27. The summed E-state index contributed by atoms with van der Waals surface area (Å²) in [6.45, 7) is 0. The second-order valence-electron chi connectivity index (χ2n) is 6.12. The molecule has 1 aliphatic heterocycles. The summed E-state index contributed by atoms with van der Waals surface area (Å²) >= 11 is 6.45. The normalized spacial score (nSPS) is 15.3. The number of nitro benzene ring substituents is 1. The Morgan fingerprint density at radius 3 is 2.67 bits per heavy atom. The molecule has 3 aromatic rings. The molecule has 10 heteroatoms. The number of anilines is 1. The van der Waals surface area contributed by atoms with Gasteiger partial charge in [0.1, 0.15) is 17.3 Å². The molecule has 2 amide bonds. The highest BCUT2D eigenvalue weighted by Gasteiger charge is 2.36. The predicted octanol–water partition coefficient (Wildman–Crippen LogP) is 5.89. The van der Waals surface area contributed by atoms with Crippen molar-refractivity contribution in [2.45, 2.75) is 0 Å². The van der Waals surface area contributed by atoms with Crippen LogP contribution in [0.5, 0.6) is 0 Å². The number of halogens is 2. The molecule has 1 fully saturated rings. The summed E-state index contributed by atoms with van der Waals surface area (Å²) in [4.78, 5) is 36.4. The van der Waals surface area contributed by atoms with Crippen molar-refractivity contribution in [2.24, 2.45) is 0 Å². The number of benzene rings is 2. The fourth-order valence-electron chi connectivity index (χ4n) is 2.80. The van der Waals surface area contributed by atoms with E-state index in [0.717, 1.165) is 11.0 Å². The SMILES string of the molecule is O=C1S/C(=C/c2ccc(-c3cccc([N+](=O)[O-])c3)o2)C(=O)N1c1ccc(F)c(Cl)c1. The maximum Gasteiger partial charge on any atom is 0.298 e. The quantitative estimate of drug-likeness (QED) is 0.283. The van der Waals surface area contributed by atoms with E-state index in [9.17, 15) is 24.1 Å². The van der Waals surface area contributed by atoms with Gasteiger partial charge in [-0.3, -0.25) is 19.7 Å². The van der Waals surface area contributed by atoms with E-state index < -0.39 is 21.9 Å². The molecule has 2 aromatic carbocycles. The predicted molar refractivity (Wildman–Crippen MR) is 111 cm³/mol. The molecule has 7 nitrogen and oxygen atoms in total. The highest BCUT2D eigenvalue weighted by molar-refractivity contribution is 8.19. The van der Waals surface area contributed by atoms with Gasteiger partial charge < -0.3 is 4.42 Å². The van der Waals surface area contributed by atoms with Gasteiger partial charge in [-0.15, -0.1) is 0 Å². The lowest BCUT2D eigenvalue weighted by atomic mass is 10.1. The number of nitrogens with zero attached hydrogens (tertiary/aromatic N) is 2. The van der Waals surface area contributed by atoms with E-state index in [4.69, 9.17) is 16.0 Å². The maximum atomic E-state index is 13.4. The first-order valence-corrected chi connectivity index (χ1v) is 9.60. The Morgan fingerprint density at radius 1 is 1.13 bits per heavy atom. The first-order chi connectivity index (χ1) is 14.3. The van der Waals surface area contributed by atoms with Crippen LogP contribution in [-0.2, 0) is 4.79 Å². The second-order valence-corrected chi connectivity index (χ2v) is 7.53. The molecule has 0 aliphatic carbocycles. The Morgan fingerprint density at radius 2 is 1.93 bits per heavy atom. The highest BCUT2D eigenvalue weighted by Crippen LogP contribution is 2.37. The van der Waals surface area contributed by atoms with Crippen LogP contribution in [-0.4, -0.2) is 16.1 Å². The number of furan rings is 1. The summed E-state index contributed by atoms with van der Waals surface area (Å²) in [6, 6.07) is 12.7. The minimum Gasteiger partial charge on any atom is -0.457 e. The molecule has 150 valence electrons. The van der Waals surface area contributed by atoms with Gasteiger partial charge in [-0.1, -0.05) is 23.7 Å². The van der Waals surface area contributed by atoms with E-state index in [1.807, 2.05) is 0 Å². The van der Waals surface area contributed by atoms with E-state index in [1.54, 1.807) is 18.2 Å². The largest absolute Gasteiger partial charge is 0.457 e. The Hall–Kier alpha value is -3.43. The standard InChI is InChI=1S/C20H10ClFN2O5S/c21-15-9-12(4-6-16(15)22)23-19(25)18(30-20(23)26)10-14-5-7-17(29-14)11-2-1-3-13(8-11)24(27)28/h1-10H/b18-10+. The molecule has 30 heavy (non-hydrogen) atoms. The van der Waals surface area contributed by atoms with Crippen LogP contribution in [0, 0.1) is 15.9 Å². The summed E-state index contributed by atoms with van der Waals surface area (Å²) in [6.07, 6.45) is 1.40. The average molecular weight is 445 g/mol. The van der Waals surface area contributed by atoms with Crippen LogP contribution in [0.25, 0.3) is 17.4 Å². The third-order valence-electron chi connectivity index (χ3n) is 4.20. The van der Waals surface area contributed by atoms with Crippen molar-refractivity contribution < 1.29 is 23.3 Å². The Bertz CT molecular complexity index is 1240. The zero-order chi connectivity index (χ0) is 21.4. The summed E-state index contributed by atoms with van der Waals surface area (Å²) < 4.78 is 19.0. The molecule has 0 unspecified atom stereocenters. The van der Waals surface area contributed by atoms with E-state index in [2.05, 4.69) is 0 Å². The van der Waals surface area contributed by atoms with Crippen LogP contribution < -0.4 is 4.90 Å². The first kappa shape index (κ1) is 19.9. The number of non-ortho nitro benzene ring substituents is 1. The first-order valence-electron chi connectivity index (χ1n) is 8.41. The number of carbonyl (C=O) groups is 2. The van der Waals surface area contributed by atoms with Crippen molar-refractivity contribution in [1.29, 1.82) is 0 Å². The Kier molecular flexibility index (Phi) is 5.15. The van der Waals surface area contributed by atoms with Crippen molar-refractivity contribution in [1.82, 2.24) is 0 Å². The smallest absolute Gasteiger partial charge is 0.298 e. The topological polar surface area (TPSA) is 93.7 Å². The van der Waals surface area contributed by atoms with Gasteiger partial charge in [-0.25, -0.2) is 9.29 Å². The monoisotopic (exact) mass is 444 g/mol. The molecule has 1 aliphatic rings. The van der Waals surface area contributed by atoms with Crippen LogP contribution in [0.15, 0.2) is 63.9 Å². The van der Waals surface area contributed by atoms with Crippen molar-refractivity contribution >= 4 is 52.0 Å². The molecule has 2 heterocycles. The molecule has 0 saturated carbocycles. The molecule has 0 radical (unpaired) electrons. The number of hydrogen-bond acceptors (Lipinski definition) is 6. The second kappa shape index (κ2) is 7.77. The molecule has 1 aromatic heterocycles. The molecule has 0 N–H and O–H groups in total. The third kappa shape index (κ3) is 3.72. The molecule has 0 atom stereocenters. The van der Waals surface area contributed by atoms with Gasteiger partial charge in [0.15, 0.2) is 0 Å². The number of carbonyl (C=O) groups excluding carboxylic acids is 2. The maximum absolute atomic E-state index is 13.4. The van der Waals surface area contributed by atoms with Crippen molar-refractivity contribution in [3.63, 3.8) is 0 Å². The third-order valence-corrected chi connectivity index (χ3v) is 5.36. The van der Waals surface area contributed by atoms with Gasteiger partial charge in [0.05, 0.1) is 20.5 Å². The lowest BCUT2D eigenvalue weighted by molar-refractivity contribution is -0.384. The minimum atomic E-state index is -0.660. The van der Waals surface area contributed by atoms with E-state index in [-0.39, 0.29) is 21.3 Å². The number of hydrogen-bond donors (Lipinski definition) is 0. The van der Waals surface area contributed by atoms with Crippen molar-refractivity contribution in [3.8, 4) is 11.3 Å². The van der Waals surface area contributed by atoms with Crippen LogP contribution in [0.4, 0.5) is 20.6 Å². The minimum absolute atomic E-state index is 0.0791.